The van der Waals surface area contributed by atoms with Crippen LogP contribution in [0.2, 0.25) is 0 Å². The lowest BCUT2D eigenvalue weighted by molar-refractivity contribution is -0.127. The van der Waals surface area contributed by atoms with Crippen molar-refractivity contribution in [3.8, 4) is 0 Å². The first-order valence-electron chi connectivity index (χ1n) is 9.28. The molecular formula is C19H29ClN4O2S. The quantitative estimate of drug-likeness (QED) is 0.742. The van der Waals surface area contributed by atoms with E-state index in [2.05, 4.69) is 15.5 Å². The first-order valence-corrected chi connectivity index (χ1v) is 10.4. The number of benzene rings is 1. The van der Waals surface area contributed by atoms with Crippen molar-refractivity contribution >= 4 is 41.7 Å². The van der Waals surface area contributed by atoms with Gasteiger partial charge in [-0.05, 0) is 25.5 Å². The van der Waals surface area contributed by atoms with Gasteiger partial charge in [0.1, 0.15) is 0 Å². The maximum absolute atomic E-state index is 12.4. The second-order valence-electron chi connectivity index (χ2n) is 6.98. The Morgan fingerprint density at radius 1 is 1.15 bits per heavy atom. The fourth-order valence-electron chi connectivity index (χ4n) is 3.47. The lowest BCUT2D eigenvalue weighted by Gasteiger charge is -2.32. The SMILES string of the molecule is Cc1ccc(NC(=O)CSCC(=O)N2CCC(N3CCNCC3)C2)cc1.Cl. The number of carbonyl (C=O) groups is 2. The van der Waals surface area contributed by atoms with Crippen molar-refractivity contribution in [2.24, 2.45) is 0 Å². The zero-order chi connectivity index (χ0) is 18.4. The molecule has 0 saturated carbocycles. The van der Waals surface area contributed by atoms with Gasteiger partial charge in [0.05, 0.1) is 11.5 Å². The van der Waals surface area contributed by atoms with Crippen LogP contribution in [0.5, 0.6) is 0 Å². The zero-order valence-corrected chi connectivity index (χ0v) is 17.4. The molecule has 2 aliphatic rings. The molecule has 1 aromatic rings. The fourth-order valence-corrected chi connectivity index (χ4v) is 4.19. The summed E-state index contributed by atoms with van der Waals surface area (Å²) >= 11 is 1.39. The Labute approximate surface area is 171 Å². The van der Waals surface area contributed by atoms with Crippen molar-refractivity contribution in [1.29, 1.82) is 0 Å². The van der Waals surface area contributed by atoms with Crippen molar-refractivity contribution in [3.05, 3.63) is 29.8 Å². The smallest absolute Gasteiger partial charge is 0.234 e. The predicted octanol–water partition coefficient (Wildman–Crippen LogP) is 1.59. The molecule has 2 amide bonds. The van der Waals surface area contributed by atoms with Crippen LogP contribution in [-0.4, -0.2) is 78.4 Å². The summed E-state index contributed by atoms with van der Waals surface area (Å²) in [6, 6.07) is 8.21. The van der Waals surface area contributed by atoms with E-state index >= 15 is 0 Å². The number of hydrogen-bond acceptors (Lipinski definition) is 5. The average molecular weight is 413 g/mol. The summed E-state index contributed by atoms with van der Waals surface area (Å²) in [5, 5.41) is 6.23. The summed E-state index contributed by atoms with van der Waals surface area (Å²) in [5.74, 6) is 0.757. The Hall–Kier alpha value is -1.28. The Bertz CT molecular complexity index is 623. The molecule has 2 heterocycles. The Balaban J connectivity index is 0.00000261. The monoisotopic (exact) mass is 412 g/mol. The fraction of sp³-hybridized carbons (Fsp3) is 0.579. The number of rotatable bonds is 6. The zero-order valence-electron chi connectivity index (χ0n) is 15.8. The van der Waals surface area contributed by atoms with Crippen LogP contribution in [0.15, 0.2) is 24.3 Å². The second kappa shape index (κ2) is 10.9. The molecule has 0 aromatic heterocycles. The van der Waals surface area contributed by atoms with Crippen LogP contribution >= 0.6 is 24.2 Å². The molecule has 1 unspecified atom stereocenters. The van der Waals surface area contributed by atoms with Gasteiger partial charge in [0.2, 0.25) is 11.8 Å². The first kappa shape index (κ1) is 22.0. The molecule has 0 bridgehead atoms. The van der Waals surface area contributed by atoms with E-state index < -0.39 is 0 Å². The Morgan fingerprint density at radius 3 is 2.56 bits per heavy atom. The van der Waals surface area contributed by atoms with Gasteiger partial charge in [0.25, 0.3) is 0 Å². The minimum atomic E-state index is -0.0632. The summed E-state index contributed by atoms with van der Waals surface area (Å²) in [5.41, 5.74) is 1.96. The second-order valence-corrected chi connectivity index (χ2v) is 7.96. The van der Waals surface area contributed by atoms with E-state index in [1.54, 1.807) is 0 Å². The van der Waals surface area contributed by atoms with Crippen molar-refractivity contribution in [1.82, 2.24) is 15.1 Å². The number of halogens is 1. The number of piperazine rings is 1. The number of likely N-dealkylation sites (tertiary alicyclic amines) is 1. The van der Waals surface area contributed by atoms with Crippen LogP contribution in [0.4, 0.5) is 5.69 Å². The molecule has 150 valence electrons. The number of carbonyl (C=O) groups excluding carboxylic acids is 2. The third-order valence-electron chi connectivity index (χ3n) is 4.98. The highest BCUT2D eigenvalue weighted by molar-refractivity contribution is 8.00. The van der Waals surface area contributed by atoms with Gasteiger partial charge in [0.15, 0.2) is 0 Å². The molecule has 8 heteroatoms. The van der Waals surface area contributed by atoms with E-state index in [9.17, 15) is 9.59 Å². The number of amides is 2. The van der Waals surface area contributed by atoms with Gasteiger partial charge in [-0.25, -0.2) is 0 Å². The molecule has 2 saturated heterocycles. The lowest BCUT2D eigenvalue weighted by atomic mass is 10.2. The van der Waals surface area contributed by atoms with Crippen molar-refractivity contribution in [3.63, 3.8) is 0 Å². The minimum Gasteiger partial charge on any atom is -0.340 e. The van der Waals surface area contributed by atoms with E-state index in [4.69, 9.17) is 0 Å². The number of hydrogen-bond donors (Lipinski definition) is 2. The largest absolute Gasteiger partial charge is 0.340 e. The highest BCUT2D eigenvalue weighted by Crippen LogP contribution is 2.17. The van der Waals surface area contributed by atoms with Gasteiger partial charge in [-0.3, -0.25) is 14.5 Å². The summed E-state index contributed by atoms with van der Waals surface area (Å²) in [7, 11) is 0. The molecule has 2 N–H and O–H groups in total. The third kappa shape index (κ3) is 6.68. The molecular weight excluding hydrogens is 384 g/mol. The summed E-state index contributed by atoms with van der Waals surface area (Å²) in [6.45, 7) is 7.89. The normalized spacial score (nSPS) is 20.2. The van der Waals surface area contributed by atoms with E-state index in [1.807, 2.05) is 36.1 Å². The highest BCUT2D eigenvalue weighted by atomic mass is 35.5. The lowest BCUT2D eigenvalue weighted by Crippen LogP contribution is -2.49. The number of nitrogens with zero attached hydrogens (tertiary/aromatic N) is 2. The molecule has 27 heavy (non-hydrogen) atoms. The van der Waals surface area contributed by atoms with Crippen LogP contribution < -0.4 is 10.6 Å². The average Bonchev–Trinajstić information content (AvgIpc) is 3.15. The summed E-state index contributed by atoms with van der Waals surface area (Å²) < 4.78 is 0. The van der Waals surface area contributed by atoms with Crippen LogP contribution in [-0.2, 0) is 9.59 Å². The molecule has 3 rings (SSSR count). The minimum absolute atomic E-state index is 0. The van der Waals surface area contributed by atoms with Crippen molar-refractivity contribution in [2.75, 3.05) is 56.1 Å². The topological polar surface area (TPSA) is 64.7 Å². The molecule has 6 nitrogen and oxygen atoms in total. The van der Waals surface area contributed by atoms with Gasteiger partial charge in [0, 0.05) is 51.0 Å². The van der Waals surface area contributed by atoms with Gasteiger partial charge >= 0.3 is 0 Å². The number of anilines is 1. The van der Waals surface area contributed by atoms with Crippen LogP contribution in [0.1, 0.15) is 12.0 Å². The first-order chi connectivity index (χ1) is 12.6. The predicted molar refractivity (Wildman–Crippen MR) is 114 cm³/mol. The number of thioether (sulfide) groups is 1. The molecule has 2 fully saturated rings. The van der Waals surface area contributed by atoms with Gasteiger partial charge in [-0.15, -0.1) is 24.2 Å². The van der Waals surface area contributed by atoms with Crippen LogP contribution in [0.3, 0.4) is 0 Å². The molecule has 0 aliphatic carbocycles. The highest BCUT2D eigenvalue weighted by Gasteiger charge is 2.30. The summed E-state index contributed by atoms with van der Waals surface area (Å²) in [6.07, 6.45) is 1.06. The van der Waals surface area contributed by atoms with E-state index in [0.717, 1.165) is 56.9 Å². The molecule has 0 radical (unpaired) electrons. The number of aryl methyl sites for hydroxylation is 1. The van der Waals surface area contributed by atoms with Gasteiger partial charge in [-0.1, -0.05) is 17.7 Å². The van der Waals surface area contributed by atoms with Gasteiger partial charge in [-0.2, -0.15) is 0 Å². The van der Waals surface area contributed by atoms with Crippen LogP contribution in [0, 0.1) is 6.92 Å². The molecule has 1 aromatic carbocycles. The van der Waals surface area contributed by atoms with E-state index in [-0.39, 0.29) is 24.2 Å². The Kier molecular flexibility index (Phi) is 8.89. The molecule has 0 spiro atoms. The standard InChI is InChI=1S/C19H28N4O2S.ClH/c1-15-2-4-16(5-3-15)21-18(24)13-26-14-19(25)23-9-6-17(12-23)22-10-7-20-8-11-22;/h2-5,17,20H,6-14H2,1H3,(H,21,24);1H. The van der Waals surface area contributed by atoms with E-state index in [0.29, 0.717) is 17.5 Å². The molecule has 1 atom stereocenters. The molecule has 2 aliphatic heterocycles. The maximum Gasteiger partial charge on any atom is 0.234 e. The van der Waals surface area contributed by atoms with Crippen molar-refractivity contribution in [2.45, 2.75) is 19.4 Å². The van der Waals surface area contributed by atoms with E-state index in [1.165, 1.54) is 11.8 Å². The van der Waals surface area contributed by atoms with Gasteiger partial charge < -0.3 is 15.5 Å². The van der Waals surface area contributed by atoms with Crippen molar-refractivity contribution < 1.29 is 9.59 Å². The summed E-state index contributed by atoms with van der Waals surface area (Å²) in [4.78, 5) is 28.8. The Morgan fingerprint density at radius 2 is 1.85 bits per heavy atom. The third-order valence-corrected chi connectivity index (χ3v) is 5.90. The maximum atomic E-state index is 12.4. The number of nitrogens with one attached hydrogen (secondary N) is 2. The van der Waals surface area contributed by atoms with Crippen LogP contribution in [0.25, 0.3) is 0 Å².